The second kappa shape index (κ2) is 3.12. The van der Waals surface area contributed by atoms with Gasteiger partial charge in [0, 0.05) is 0 Å². The van der Waals surface area contributed by atoms with Crippen LogP contribution in [0.1, 0.15) is 12.8 Å². The Balaban J connectivity index is 2.64. The van der Waals surface area contributed by atoms with Gasteiger partial charge in [-0.3, -0.25) is 0 Å². The van der Waals surface area contributed by atoms with Crippen LogP contribution in [0.2, 0.25) is 0 Å². The lowest BCUT2D eigenvalue weighted by atomic mass is 10.2. The molecule has 1 heterocycles. The van der Waals surface area contributed by atoms with Crippen LogP contribution < -0.4 is 10.0 Å². The topological polar surface area (TPSA) is 93.7 Å². The standard InChI is InChI=1S/C5H8N4O2/c6-7-8-9-3-1-2-4(9)5(10)11/h4,6H,1-3H2. The fourth-order valence-electron chi connectivity index (χ4n) is 1.16. The number of hydrogen-bond donors (Lipinski definition) is 1. The molecule has 6 nitrogen and oxygen atoms in total. The van der Waals surface area contributed by atoms with Gasteiger partial charge in [0.15, 0.2) is 6.04 Å². The second-order valence-electron chi connectivity index (χ2n) is 2.33. The van der Waals surface area contributed by atoms with E-state index in [4.69, 9.17) is 5.53 Å². The van der Waals surface area contributed by atoms with Crippen LogP contribution in [0.3, 0.4) is 0 Å². The summed E-state index contributed by atoms with van der Waals surface area (Å²) in [6.45, 7) is 0.543. The Morgan fingerprint density at radius 3 is 3.09 bits per heavy atom. The van der Waals surface area contributed by atoms with E-state index in [-0.39, 0.29) is 0 Å². The van der Waals surface area contributed by atoms with E-state index in [9.17, 15) is 9.90 Å². The summed E-state index contributed by atoms with van der Waals surface area (Å²) in [5, 5.41) is 15.0. The number of carboxylic acids is 1. The van der Waals surface area contributed by atoms with Crippen molar-refractivity contribution < 1.29 is 9.90 Å². The van der Waals surface area contributed by atoms with Crippen LogP contribution in [0.5, 0.6) is 0 Å². The Morgan fingerprint density at radius 1 is 1.82 bits per heavy atom. The Labute approximate surface area is 63.0 Å². The molecule has 11 heavy (non-hydrogen) atoms. The zero-order valence-electron chi connectivity index (χ0n) is 5.86. The monoisotopic (exact) mass is 156 g/mol. The maximum atomic E-state index is 10.4. The molecular weight excluding hydrogens is 148 g/mol. The van der Waals surface area contributed by atoms with Crippen LogP contribution >= 0.6 is 0 Å². The zero-order valence-corrected chi connectivity index (χ0v) is 5.86. The van der Waals surface area contributed by atoms with Gasteiger partial charge in [0.05, 0.1) is 10.9 Å². The molecule has 1 aliphatic rings. The predicted molar refractivity (Wildman–Crippen MR) is 32.0 cm³/mol. The number of rotatable bonds is 2. The number of aliphatic carboxylic acids is 1. The van der Waals surface area contributed by atoms with Gasteiger partial charge in [-0.05, 0) is 18.4 Å². The molecule has 1 aliphatic heterocycles. The van der Waals surface area contributed by atoms with Crippen molar-refractivity contribution in [2.24, 2.45) is 5.22 Å². The lowest BCUT2D eigenvalue weighted by Gasteiger charge is -2.10. The van der Waals surface area contributed by atoms with Crippen LogP contribution in [0.25, 0.3) is 0 Å². The normalized spacial score (nSPS) is 22.9. The van der Waals surface area contributed by atoms with Crippen molar-refractivity contribution >= 4 is 5.97 Å². The van der Waals surface area contributed by atoms with E-state index in [1.807, 2.05) is 0 Å². The summed E-state index contributed by atoms with van der Waals surface area (Å²) in [5.41, 5.74) is 6.40. The third-order valence-corrected chi connectivity index (χ3v) is 1.66. The summed E-state index contributed by atoms with van der Waals surface area (Å²) in [6, 6.07) is -0.691. The molecule has 1 fully saturated rings. The maximum Gasteiger partial charge on any atom is 0.218 e. The molecule has 1 saturated heterocycles. The van der Waals surface area contributed by atoms with Crippen molar-refractivity contribution in [2.45, 2.75) is 18.9 Å². The van der Waals surface area contributed by atoms with Crippen LogP contribution in [-0.4, -0.2) is 23.6 Å². The predicted octanol–water partition coefficient (Wildman–Crippen LogP) is -1.33. The van der Waals surface area contributed by atoms with Gasteiger partial charge in [0.25, 0.3) is 0 Å². The van der Waals surface area contributed by atoms with Gasteiger partial charge in [-0.1, -0.05) is 0 Å². The smallest absolute Gasteiger partial charge is 0.218 e. The fourth-order valence-corrected chi connectivity index (χ4v) is 1.16. The van der Waals surface area contributed by atoms with E-state index in [0.29, 0.717) is 13.0 Å². The number of hydrogen-bond acceptors (Lipinski definition) is 4. The highest BCUT2D eigenvalue weighted by Gasteiger charge is 2.31. The largest absolute Gasteiger partial charge is 0.545 e. The van der Waals surface area contributed by atoms with Gasteiger partial charge < -0.3 is 9.90 Å². The summed E-state index contributed by atoms with van der Waals surface area (Å²) >= 11 is 0. The maximum absolute atomic E-state index is 10.4. The van der Waals surface area contributed by atoms with Gasteiger partial charge in [-0.2, -0.15) is 0 Å². The molecule has 0 amide bonds. The highest BCUT2D eigenvalue weighted by Crippen LogP contribution is 2.15. The quantitative estimate of drug-likeness (QED) is 0.396. The molecule has 1 N–H and O–H groups in total. The van der Waals surface area contributed by atoms with Crippen LogP contribution in [0.15, 0.2) is 5.22 Å². The van der Waals surface area contributed by atoms with E-state index >= 15 is 0 Å². The highest BCUT2D eigenvalue weighted by atomic mass is 16.4. The molecule has 1 atom stereocenters. The average molecular weight is 156 g/mol. The van der Waals surface area contributed by atoms with Crippen LogP contribution in [0.4, 0.5) is 0 Å². The fraction of sp³-hybridized carbons (Fsp3) is 0.800. The molecule has 0 spiro atoms. The third kappa shape index (κ3) is 1.53. The van der Waals surface area contributed by atoms with E-state index in [1.54, 1.807) is 0 Å². The van der Waals surface area contributed by atoms with Crippen molar-refractivity contribution in [3.63, 3.8) is 0 Å². The van der Waals surface area contributed by atoms with E-state index < -0.39 is 12.0 Å². The second-order valence-corrected chi connectivity index (χ2v) is 2.33. The minimum atomic E-state index is -1.14. The number of nitrogens with zero attached hydrogens (tertiary/aromatic N) is 3. The minimum Gasteiger partial charge on any atom is -0.545 e. The van der Waals surface area contributed by atoms with Crippen LogP contribution in [0, 0.1) is 5.53 Å². The molecule has 1 rings (SSSR count). The van der Waals surface area contributed by atoms with Crippen LogP contribution in [-0.2, 0) is 4.79 Å². The molecule has 0 aromatic carbocycles. The number of carbonyl (C=O) groups is 1. The van der Waals surface area contributed by atoms with Crippen molar-refractivity contribution in [3.05, 3.63) is 0 Å². The van der Waals surface area contributed by atoms with Crippen molar-refractivity contribution in [2.75, 3.05) is 6.54 Å². The first-order chi connectivity index (χ1) is 5.25. The molecule has 0 bridgehead atoms. The molecule has 60 valence electrons. The van der Waals surface area contributed by atoms with Crippen molar-refractivity contribution in [3.8, 4) is 0 Å². The Bertz CT molecular complexity index is 203. The number of carboxylic acid groups (broad SMARTS) is 1. The first kappa shape index (κ1) is 7.68. The summed E-state index contributed by atoms with van der Waals surface area (Å²) in [6.07, 6.45) is 1.29. The number of nitrogens with one attached hydrogen (secondary N) is 1. The summed E-state index contributed by atoms with van der Waals surface area (Å²) in [7, 11) is 0. The molecule has 0 radical (unpaired) electrons. The van der Waals surface area contributed by atoms with Gasteiger partial charge >= 0.3 is 0 Å². The summed E-state index contributed by atoms with van der Waals surface area (Å²) in [4.78, 5) is 13.1. The molecule has 0 aromatic rings. The summed E-state index contributed by atoms with van der Waals surface area (Å²) < 4.78 is 0. The molecule has 1 unspecified atom stereocenters. The first-order valence-electron chi connectivity index (χ1n) is 3.30. The summed E-state index contributed by atoms with van der Waals surface area (Å²) in [5.74, 6) is -1.14. The SMILES string of the molecule is N=[N+]=NN1CCCC1C(=O)[O-]. The van der Waals surface area contributed by atoms with Gasteiger partial charge in [0.1, 0.15) is 6.54 Å². The molecular formula is C5H8N4O2. The average Bonchev–Trinajstić information content (AvgIpc) is 2.36. The van der Waals surface area contributed by atoms with Gasteiger partial charge in [-0.25, -0.2) is 0 Å². The zero-order chi connectivity index (χ0) is 8.27. The lowest BCUT2D eigenvalue weighted by Crippen LogP contribution is -2.42. The highest BCUT2D eigenvalue weighted by molar-refractivity contribution is 5.71. The molecule has 0 aromatic heterocycles. The van der Waals surface area contributed by atoms with Crippen molar-refractivity contribution in [1.82, 2.24) is 9.92 Å². The Morgan fingerprint density at radius 2 is 2.55 bits per heavy atom. The molecule has 6 heteroatoms. The number of carbonyl (C=O) groups excluding carboxylic acids is 1. The molecule has 0 saturated carbocycles. The Hall–Kier alpha value is -1.42. The van der Waals surface area contributed by atoms with Crippen molar-refractivity contribution in [1.29, 1.82) is 5.53 Å². The minimum absolute atomic E-state index is 0.529. The first-order valence-corrected chi connectivity index (χ1v) is 3.30. The lowest BCUT2D eigenvalue weighted by molar-refractivity contribution is -0.311. The van der Waals surface area contributed by atoms with E-state index in [2.05, 4.69) is 10.1 Å². The van der Waals surface area contributed by atoms with E-state index in [1.165, 1.54) is 5.01 Å². The van der Waals surface area contributed by atoms with E-state index in [0.717, 1.165) is 6.42 Å². The third-order valence-electron chi connectivity index (χ3n) is 1.66. The Kier molecular flexibility index (Phi) is 2.18. The van der Waals surface area contributed by atoms with Gasteiger partial charge in [0.2, 0.25) is 5.22 Å². The van der Waals surface area contributed by atoms with Gasteiger partial charge in [-0.15, -0.1) is 5.01 Å². The molecule has 0 aliphatic carbocycles.